The smallest absolute Gasteiger partial charge is 0.165 e. The molecule has 0 saturated heterocycles. The standard InChI is InChI=1S/C19H21NO/c1-3-15(2)19(21)17-10-11-18(14-20-13-12-17)16-8-6-4-5-7-9-16/h4-8,10-15H,3,9H2,1-2H3/b11-10?,13-12?,17-10?,17-12?,18-11+,18-14?,20-13?,20-14?. The number of rotatable bonds is 4. The summed E-state index contributed by atoms with van der Waals surface area (Å²) in [4.78, 5) is 16.6. The number of aliphatic imine (C=N–C) groups is 1. The zero-order chi connectivity index (χ0) is 15.1. The lowest BCUT2D eigenvalue weighted by Gasteiger charge is -2.09. The Bertz CT molecular complexity index is 609. The summed E-state index contributed by atoms with van der Waals surface area (Å²) in [7, 11) is 0. The van der Waals surface area contributed by atoms with Crippen molar-refractivity contribution in [2.24, 2.45) is 10.9 Å². The minimum absolute atomic E-state index is 0.0455. The summed E-state index contributed by atoms with van der Waals surface area (Å²) in [6, 6.07) is 0. The number of carbonyl (C=O) groups is 1. The van der Waals surface area contributed by atoms with Crippen molar-refractivity contribution in [2.75, 3.05) is 0 Å². The fraction of sp³-hybridized carbons (Fsp3) is 0.263. The summed E-state index contributed by atoms with van der Waals surface area (Å²) >= 11 is 0. The van der Waals surface area contributed by atoms with Crippen LogP contribution < -0.4 is 0 Å². The molecule has 2 rings (SSSR count). The second-order valence-corrected chi connectivity index (χ2v) is 5.22. The highest BCUT2D eigenvalue weighted by atomic mass is 16.1. The van der Waals surface area contributed by atoms with E-state index in [-0.39, 0.29) is 11.7 Å². The van der Waals surface area contributed by atoms with Crippen LogP contribution in [0.2, 0.25) is 0 Å². The van der Waals surface area contributed by atoms with Crippen LogP contribution >= 0.6 is 0 Å². The molecule has 1 atom stereocenters. The van der Waals surface area contributed by atoms with Crippen LogP contribution in [-0.4, -0.2) is 12.0 Å². The van der Waals surface area contributed by atoms with E-state index in [4.69, 9.17) is 0 Å². The Morgan fingerprint density at radius 1 is 1.24 bits per heavy atom. The van der Waals surface area contributed by atoms with Gasteiger partial charge in [0.05, 0.1) is 0 Å². The van der Waals surface area contributed by atoms with E-state index in [1.54, 1.807) is 12.3 Å². The molecule has 1 aliphatic carbocycles. The number of nitrogens with zero attached hydrogens (tertiary/aromatic N) is 1. The van der Waals surface area contributed by atoms with Crippen LogP contribution in [0.4, 0.5) is 0 Å². The summed E-state index contributed by atoms with van der Waals surface area (Å²) < 4.78 is 0. The molecule has 0 amide bonds. The van der Waals surface area contributed by atoms with Gasteiger partial charge in [-0.15, -0.1) is 0 Å². The molecule has 1 heterocycles. The van der Waals surface area contributed by atoms with Gasteiger partial charge in [0.1, 0.15) is 0 Å². The van der Waals surface area contributed by atoms with E-state index in [0.717, 1.165) is 24.0 Å². The van der Waals surface area contributed by atoms with Crippen molar-refractivity contribution in [3.63, 3.8) is 0 Å². The quantitative estimate of drug-likeness (QED) is 0.745. The number of hydrogen-bond donors (Lipinski definition) is 0. The Hall–Kier alpha value is -2.22. The summed E-state index contributed by atoms with van der Waals surface area (Å²) in [5.41, 5.74) is 2.97. The third-order valence-electron chi connectivity index (χ3n) is 3.70. The van der Waals surface area contributed by atoms with Crippen LogP contribution in [0.3, 0.4) is 0 Å². The van der Waals surface area contributed by atoms with Gasteiger partial charge in [0.25, 0.3) is 0 Å². The molecule has 0 aromatic heterocycles. The van der Waals surface area contributed by atoms with E-state index >= 15 is 0 Å². The lowest BCUT2D eigenvalue weighted by Crippen LogP contribution is -2.11. The van der Waals surface area contributed by atoms with Gasteiger partial charge in [-0.1, -0.05) is 56.4 Å². The highest BCUT2D eigenvalue weighted by Gasteiger charge is 2.14. The fourth-order valence-corrected chi connectivity index (χ4v) is 2.14. The van der Waals surface area contributed by atoms with Crippen LogP contribution in [-0.2, 0) is 4.79 Å². The van der Waals surface area contributed by atoms with Crippen LogP contribution in [0, 0.1) is 5.92 Å². The first-order valence-corrected chi connectivity index (χ1v) is 7.41. The molecule has 108 valence electrons. The topological polar surface area (TPSA) is 29.4 Å². The van der Waals surface area contributed by atoms with E-state index in [2.05, 4.69) is 17.1 Å². The molecule has 0 aromatic carbocycles. The van der Waals surface area contributed by atoms with E-state index < -0.39 is 0 Å². The van der Waals surface area contributed by atoms with Crippen LogP contribution in [0.15, 0.2) is 76.5 Å². The molecule has 1 aliphatic heterocycles. The number of Topliss-reactive ketones (excluding diaryl/α,β-unsaturated/α-hetero) is 1. The second-order valence-electron chi connectivity index (χ2n) is 5.22. The maximum Gasteiger partial charge on any atom is 0.165 e. The fourth-order valence-electron chi connectivity index (χ4n) is 2.14. The molecule has 0 bridgehead atoms. The number of carbonyl (C=O) groups excluding carboxylic acids is 1. The van der Waals surface area contributed by atoms with Gasteiger partial charge in [-0.3, -0.25) is 9.79 Å². The van der Waals surface area contributed by atoms with Gasteiger partial charge < -0.3 is 0 Å². The van der Waals surface area contributed by atoms with Gasteiger partial charge in [-0.2, -0.15) is 0 Å². The molecule has 2 nitrogen and oxygen atoms in total. The predicted molar refractivity (Wildman–Crippen MR) is 89.2 cm³/mol. The first-order chi connectivity index (χ1) is 10.2. The van der Waals surface area contributed by atoms with Crippen molar-refractivity contribution in [1.29, 1.82) is 0 Å². The first-order valence-electron chi connectivity index (χ1n) is 7.41. The van der Waals surface area contributed by atoms with Crippen LogP contribution in [0.25, 0.3) is 0 Å². The zero-order valence-corrected chi connectivity index (χ0v) is 12.6. The van der Waals surface area contributed by atoms with E-state index in [1.807, 2.05) is 50.4 Å². The normalized spacial score (nSPS) is 21.5. The Balaban J connectivity index is 2.28. The average molecular weight is 279 g/mol. The second kappa shape index (κ2) is 7.53. The Morgan fingerprint density at radius 2 is 2.10 bits per heavy atom. The third kappa shape index (κ3) is 4.12. The number of ketones is 1. The highest BCUT2D eigenvalue weighted by molar-refractivity contribution is 6.00. The van der Waals surface area contributed by atoms with Crippen molar-refractivity contribution in [2.45, 2.75) is 26.7 Å². The van der Waals surface area contributed by atoms with Gasteiger partial charge >= 0.3 is 0 Å². The SMILES string of the molecule is CCC(C)C(=O)C1=C/C=C(/C2=CC=CC=CC2)C=NC=C1. The highest BCUT2D eigenvalue weighted by Crippen LogP contribution is 2.19. The molecule has 0 saturated carbocycles. The molecule has 0 aromatic rings. The molecule has 2 heteroatoms. The van der Waals surface area contributed by atoms with Gasteiger partial charge in [0.2, 0.25) is 0 Å². The monoisotopic (exact) mass is 279 g/mol. The minimum atomic E-state index is 0.0455. The third-order valence-corrected chi connectivity index (χ3v) is 3.70. The van der Waals surface area contributed by atoms with Crippen molar-refractivity contribution in [3.05, 3.63) is 71.5 Å². The van der Waals surface area contributed by atoms with Crippen molar-refractivity contribution in [3.8, 4) is 0 Å². The van der Waals surface area contributed by atoms with Crippen LogP contribution in [0.1, 0.15) is 26.7 Å². The van der Waals surface area contributed by atoms with E-state index in [1.165, 1.54) is 5.57 Å². The largest absolute Gasteiger partial charge is 0.294 e. The molecule has 21 heavy (non-hydrogen) atoms. The molecule has 2 aliphatic rings. The van der Waals surface area contributed by atoms with Gasteiger partial charge in [-0.25, -0.2) is 0 Å². The molecule has 0 spiro atoms. The van der Waals surface area contributed by atoms with Crippen molar-refractivity contribution in [1.82, 2.24) is 0 Å². The Labute approximate surface area is 126 Å². The first kappa shape index (κ1) is 15.2. The zero-order valence-electron chi connectivity index (χ0n) is 12.6. The number of allylic oxidation sites excluding steroid dienone is 11. The Kier molecular flexibility index (Phi) is 5.44. The van der Waals surface area contributed by atoms with E-state index in [0.29, 0.717) is 0 Å². The summed E-state index contributed by atoms with van der Waals surface area (Å²) in [6.07, 6.45) is 21.2. The Morgan fingerprint density at radius 3 is 2.90 bits per heavy atom. The predicted octanol–water partition coefficient (Wildman–Crippen LogP) is 4.50. The number of hydrogen-bond acceptors (Lipinski definition) is 2. The summed E-state index contributed by atoms with van der Waals surface area (Å²) in [5.74, 6) is 0.222. The van der Waals surface area contributed by atoms with Gasteiger partial charge in [-0.05, 0) is 30.1 Å². The molecule has 0 fully saturated rings. The molecule has 0 N–H and O–H groups in total. The van der Waals surface area contributed by atoms with Crippen LogP contribution in [0.5, 0.6) is 0 Å². The molecular weight excluding hydrogens is 258 g/mol. The average Bonchev–Trinajstić information content (AvgIpc) is 2.75. The van der Waals surface area contributed by atoms with Gasteiger partial charge in [0.15, 0.2) is 5.78 Å². The molecular formula is C19H21NO. The lowest BCUT2D eigenvalue weighted by atomic mass is 9.95. The maximum atomic E-state index is 12.3. The molecule has 1 unspecified atom stereocenters. The van der Waals surface area contributed by atoms with Crippen molar-refractivity contribution < 1.29 is 4.79 Å². The van der Waals surface area contributed by atoms with Crippen molar-refractivity contribution >= 4 is 12.0 Å². The maximum absolute atomic E-state index is 12.3. The minimum Gasteiger partial charge on any atom is -0.294 e. The summed E-state index contributed by atoms with van der Waals surface area (Å²) in [6.45, 7) is 4.00. The lowest BCUT2D eigenvalue weighted by molar-refractivity contribution is -0.118. The van der Waals surface area contributed by atoms with E-state index in [9.17, 15) is 4.79 Å². The summed E-state index contributed by atoms with van der Waals surface area (Å²) in [5, 5.41) is 0. The van der Waals surface area contributed by atoms with Gasteiger partial charge in [0, 0.05) is 23.9 Å². The molecule has 0 radical (unpaired) electrons.